The maximum Gasteiger partial charge on any atom is 0.0607 e. The molecule has 3 rings (SSSR count). The van der Waals surface area contributed by atoms with Crippen molar-refractivity contribution in [2.24, 2.45) is 0 Å². The van der Waals surface area contributed by atoms with Crippen molar-refractivity contribution in [3.8, 4) is 0 Å². The van der Waals surface area contributed by atoms with Gasteiger partial charge in [-0.3, -0.25) is 4.98 Å². The molecule has 0 radical (unpaired) electrons. The fourth-order valence-corrected chi connectivity index (χ4v) is 3.18. The standard InChI is InChI=1S/C18H22N2/c1-12-8-10-18(16-7-5-4-6-15(12)16)20-17-11-9-13(2)19-14(17)3/h4-7,9,11-12,18,20H,8,10H2,1-3H3. The summed E-state index contributed by atoms with van der Waals surface area (Å²) in [5, 5.41) is 3.69. The van der Waals surface area contributed by atoms with E-state index in [1.54, 1.807) is 0 Å². The number of nitrogens with one attached hydrogen (secondary N) is 1. The minimum absolute atomic E-state index is 0.408. The Kier molecular flexibility index (Phi) is 3.47. The van der Waals surface area contributed by atoms with Gasteiger partial charge in [0.15, 0.2) is 0 Å². The Morgan fingerprint density at radius 3 is 2.50 bits per heavy atom. The number of anilines is 1. The second-order valence-corrected chi connectivity index (χ2v) is 5.89. The van der Waals surface area contributed by atoms with Crippen molar-refractivity contribution in [3.63, 3.8) is 0 Å². The summed E-state index contributed by atoms with van der Waals surface area (Å²) in [6.45, 7) is 6.44. The lowest BCUT2D eigenvalue weighted by Gasteiger charge is -2.31. The average Bonchev–Trinajstić information content (AvgIpc) is 2.45. The van der Waals surface area contributed by atoms with Gasteiger partial charge in [-0.1, -0.05) is 31.2 Å². The molecule has 0 saturated heterocycles. The van der Waals surface area contributed by atoms with E-state index in [1.807, 2.05) is 6.92 Å². The van der Waals surface area contributed by atoms with E-state index in [-0.39, 0.29) is 0 Å². The van der Waals surface area contributed by atoms with Crippen molar-refractivity contribution < 1.29 is 0 Å². The van der Waals surface area contributed by atoms with Crippen molar-refractivity contribution in [1.29, 1.82) is 0 Å². The molecule has 1 aromatic heterocycles. The number of pyridine rings is 1. The molecule has 0 fully saturated rings. The first-order valence-corrected chi connectivity index (χ1v) is 7.45. The summed E-state index contributed by atoms with van der Waals surface area (Å²) < 4.78 is 0. The Bertz CT molecular complexity index is 619. The van der Waals surface area contributed by atoms with Crippen molar-refractivity contribution in [1.82, 2.24) is 4.98 Å². The summed E-state index contributed by atoms with van der Waals surface area (Å²) in [4.78, 5) is 4.55. The highest BCUT2D eigenvalue weighted by Gasteiger charge is 2.24. The Labute approximate surface area is 121 Å². The fraction of sp³-hybridized carbons (Fsp3) is 0.389. The highest BCUT2D eigenvalue weighted by Crippen LogP contribution is 2.38. The lowest BCUT2D eigenvalue weighted by Crippen LogP contribution is -2.19. The van der Waals surface area contributed by atoms with Crippen LogP contribution in [0.4, 0.5) is 5.69 Å². The summed E-state index contributed by atoms with van der Waals surface area (Å²) in [5.74, 6) is 0.668. The van der Waals surface area contributed by atoms with Gasteiger partial charge < -0.3 is 5.32 Å². The normalized spacial score (nSPS) is 21.4. The number of benzene rings is 1. The quantitative estimate of drug-likeness (QED) is 0.848. The van der Waals surface area contributed by atoms with Gasteiger partial charge in [-0.2, -0.15) is 0 Å². The molecule has 1 heterocycles. The van der Waals surface area contributed by atoms with Crippen LogP contribution in [0, 0.1) is 13.8 Å². The Morgan fingerprint density at radius 1 is 1.00 bits per heavy atom. The third-order valence-corrected chi connectivity index (χ3v) is 4.35. The summed E-state index contributed by atoms with van der Waals surface area (Å²) >= 11 is 0. The molecular formula is C18H22N2. The van der Waals surface area contributed by atoms with Crippen molar-refractivity contribution in [2.45, 2.75) is 45.6 Å². The molecule has 2 aromatic rings. The Balaban J connectivity index is 1.90. The minimum atomic E-state index is 0.408. The lowest BCUT2D eigenvalue weighted by molar-refractivity contribution is 0.534. The molecule has 0 aliphatic heterocycles. The number of fused-ring (bicyclic) bond motifs is 1. The molecule has 2 unspecified atom stereocenters. The van der Waals surface area contributed by atoms with Crippen LogP contribution in [0.25, 0.3) is 0 Å². The molecule has 20 heavy (non-hydrogen) atoms. The van der Waals surface area contributed by atoms with Crippen LogP contribution in [0.15, 0.2) is 36.4 Å². The number of rotatable bonds is 2. The van der Waals surface area contributed by atoms with Crippen molar-refractivity contribution >= 4 is 5.69 Å². The van der Waals surface area contributed by atoms with E-state index in [1.165, 1.54) is 24.0 Å². The van der Waals surface area contributed by atoms with Gasteiger partial charge in [0.1, 0.15) is 0 Å². The number of hydrogen-bond donors (Lipinski definition) is 1. The van der Waals surface area contributed by atoms with E-state index < -0.39 is 0 Å². The number of hydrogen-bond acceptors (Lipinski definition) is 2. The van der Waals surface area contributed by atoms with Gasteiger partial charge in [0.05, 0.1) is 17.4 Å². The second-order valence-electron chi connectivity index (χ2n) is 5.89. The van der Waals surface area contributed by atoms with Gasteiger partial charge in [0.25, 0.3) is 0 Å². The SMILES string of the molecule is Cc1ccc(NC2CCC(C)c3ccccc32)c(C)n1. The largest absolute Gasteiger partial charge is 0.377 e. The number of aromatic nitrogens is 1. The van der Waals surface area contributed by atoms with Crippen molar-refractivity contribution in [2.75, 3.05) is 5.32 Å². The van der Waals surface area contributed by atoms with Gasteiger partial charge in [-0.05, 0) is 55.9 Å². The second kappa shape index (κ2) is 5.28. The van der Waals surface area contributed by atoms with Gasteiger partial charge >= 0.3 is 0 Å². The first-order valence-electron chi connectivity index (χ1n) is 7.45. The third kappa shape index (κ3) is 2.43. The first kappa shape index (κ1) is 13.2. The zero-order valence-electron chi connectivity index (χ0n) is 12.5. The molecule has 104 valence electrons. The van der Waals surface area contributed by atoms with Crippen LogP contribution >= 0.6 is 0 Å². The maximum atomic E-state index is 4.55. The minimum Gasteiger partial charge on any atom is -0.377 e. The van der Waals surface area contributed by atoms with E-state index >= 15 is 0 Å². The summed E-state index contributed by atoms with van der Waals surface area (Å²) in [6.07, 6.45) is 2.43. The monoisotopic (exact) mass is 266 g/mol. The van der Waals surface area contributed by atoms with Gasteiger partial charge in [0.2, 0.25) is 0 Å². The van der Waals surface area contributed by atoms with Crippen molar-refractivity contribution in [3.05, 3.63) is 58.9 Å². The Morgan fingerprint density at radius 2 is 1.75 bits per heavy atom. The zero-order valence-corrected chi connectivity index (χ0v) is 12.5. The molecule has 0 bridgehead atoms. The highest BCUT2D eigenvalue weighted by atomic mass is 14.9. The zero-order chi connectivity index (χ0) is 14.1. The third-order valence-electron chi connectivity index (χ3n) is 4.35. The van der Waals surface area contributed by atoms with Crippen LogP contribution in [0.1, 0.15) is 54.2 Å². The maximum absolute atomic E-state index is 4.55. The van der Waals surface area contributed by atoms with Gasteiger partial charge in [-0.25, -0.2) is 0 Å². The van der Waals surface area contributed by atoms with E-state index in [4.69, 9.17) is 0 Å². The van der Waals surface area contributed by atoms with Gasteiger partial charge in [-0.15, -0.1) is 0 Å². The average molecular weight is 266 g/mol. The van der Waals surface area contributed by atoms with Crippen LogP contribution in [-0.4, -0.2) is 4.98 Å². The summed E-state index contributed by atoms with van der Waals surface area (Å²) in [6, 6.07) is 13.5. The number of nitrogens with zero attached hydrogens (tertiary/aromatic N) is 1. The predicted octanol–water partition coefficient (Wildman–Crippen LogP) is 4.75. The van der Waals surface area contributed by atoms with E-state index in [0.29, 0.717) is 12.0 Å². The molecule has 1 aliphatic rings. The predicted molar refractivity (Wildman–Crippen MR) is 84.2 cm³/mol. The van der Waals surface area contributed by atoms with E-state index in [9.17, 15) is 0 Å². The van der Waals surface area contributed by atoms with Crippen LogP contribution in [0.2, 0.25) is 0 Å². The molecule has 1 aromatic carbocycles. The molecule has 1 N–H and O–H groups in total. The molecule has 1 aliphatic carbocycles. The molecule has 0 saturated carbocycles. The summed E-state index contributed by atoms with van der Waals surface area (Å²) in [7, 11) is 0. The molecule has 0 amide bonds. The van der Waals surface area contributed by atoms with Crippen LogP contribution in [0.5, 0.6) is 0 Å². The lowest BCUT2D eigenvalue weighted by atomic mass is 9.81. The van der Waals surface area contributed by atoms with Crippen LogP contribution in [0.3, 0.4) is 0 Å². The molecule has 2 heteroatoms. The molecular weight excluding hydrogens is 244 g/mol. The highest BCUT2D eigenvalue weighted by molar-refractivity contribution is 5.51. The Hall–Kier alpha value is -1.83. The smallest absolute Gasteiger partial charge is 0.0607 e. The van der Waals surface area contributed by atoms with Gasteiger partial charge in [0, 0.05) is 5.69 Å². The first-order chi connectivity index (χ1) is 9.65. The van der Waals surface area contributed by atoms with Crippen LogP contribution < -0.4 is 5.32 Å². The van der Waals surface area contributed by atoms with Crippen LogP contribution in [-0.2, 0) is 0 Å². The van der Waals surface area contributed by atoms with E-state index in [0.717, 1.165) is 17.1 Å². The summed E-state index contributed by atoms with van der Waals surface area (Å²) in [5.41, 5.74) is 6.26. The topological polar surface area (TPSA) is 24.9 Å². The fourth-order valence-electron chi connectivity index (χ4n) is 3.18. The molecule has 0 spiro atoms. The molecule has 2 atom stereocenters. The molecule has 2 nitrogen and oxygen atoms in total. The number of aryl methyl sites for hydroxylation is 2. The van der Waals surface area contributed by atoms with E-state index in [2.05, 4.69) is 60.5 Å².